The Bertz CT molecular complexity index is 1090. The summed E-state index contributed by atoms with van der Waals surface area (Å²) >= 11 is 0. The summed E-state index contributed by atoms with van der Waals surface area (Å²) in [6.45, 7) is 11.9. The van der Waals surface area contributed by atoms with Crippen LogP contribution in [0.5, 0.6) is 0 Å². The average molecular weight is 370 g/mol. The first-order valence-electron chi connectivity index (χ1n) is 9.74. The Morgan fingerprint density at radius 2 is 2.07 bits per heavy atom. The third kappa shape index (κ3) is 3.64. The summed E-state index contributed by atoms with van der Waals surface area (Å²) in [5.41, 5.74) is 5.64. The first-order chi connectivity index (χ1) is 13.5. The van der Waals surface area contributed by atoms with Gasteiger partial charge in [0.1, 0.15) is 0 Å². The van der Waals surface area contributed by atoms with Crippen LogP contribution in [0.15, 0.2) is 43.1 Å². The minimum atomic E-state index is 0.0158. The van der Waals surface area contributed by atoms with Crippen LogP contribution < -0.4 is 0 Å². The van der Waals surface area contributed by atoms with E-state index >= 15 is 0 Å². The molecule has 0 N–H and O–H groups in total. The highest BCUT2D eigenvalue weighted by Gasteiger charge is 2.20. The first kappa shape index (κ1) is 19.6. The Labute approximate surface area is 167 Å². The lowest BCUT2D eigenvalue weighted by Gasteiger charge is -2.15. The van der Waals surface area contributed by atoms with Crippen molar-refractivity contribution in [2.24, 2.45) is 0 Å². The Morgan fingerprint density at radius 1 is 1.29 bits per heavy atom. The van der Waals surface area contributed by atoms with Crippen molar-refractivity contribution in [3.63, 3.8) is 0 Å². The van der Waals surface area contributed by atoms with E-state index < -0.39 is 0 Å². The molecule has 0 spiro atoms. The number of hydrogen-bond donors (Lipinski definition) is 0. The van der Waals surface area contributed by atoms with Crippen molar-refractivity contribution < 1.29 is 4.79 Å². The number of rotatable bonds is 5. The van der Waals surface area contributed by atoms with Crippen LogP contribution in [0.25, 0.3) is 28.4 Å². The molecule has 0 bridgehead atoms. The van der Waals surface area contributed by atoms with Crippen LogP contribution >= 0.6 is 0 Å². The molecule has 3 aromatic rings. The number of carbonyl (C=O) groups is 1. The van der Waals surface area contributed by atoms with Crippen molar-refractivity contribution in [3.05, 3.63) is 59.8 Å². The van der Waals surface area contributed by atoms with Gasteiger partial charge in [-0.15, -0.1) is 0 Å². The lowest BCUT2D eigenvalue weighted by atomic mass is 10.1. The molecule has 0 saturated carbocycles. The molecular weight excluding hydrogens is 344 g/mol. The quantitative estimate of drug-likeness (QED) is 0.391. The van der Waals surface area contributed by atoms with Crippen molar-refractivity contribution in [3.8, 4) is 23.2 Å². The van der Waals surface area contributed by atoms with E-state index in [2.05, 4.69) is 66.9 Å². The number of fused-ring (bicyclic) bond motifs is 1. The first-order valence-corrected chi connectivity index (χ1v) is 9.74. The fourth-order valence-corrected chi connectivity index (χ4v) is 3.39. The maximum absolute atomic E-state index is 11.6. The summed E-state index contributed by atoms with van der Waals surface area (Å²) in [6, 6.07) is 10.3. The number of Topliss-reactive ketones (excluding diaryl/α,β-unsaturated/α-hetero) is 1. The van der Waals surface area contributed by atoms with Crippen LogP contribution in [-0.2, 0) is 0 Å². The molecule has 0 atom stereocenters. The van der Waals surface area contributed by atoms with E-state index in [1.807, 2.05) is 18.2 Å². The van der Waals surface area contributed by atoms with Crippen molar-refractivity contribution in [1.29, 1.82) is 0 Å². The zero-order valence-electron chi connectivity index (χ0n) is 17.0. The molecule has 28 heavy (non-hydrogen) atoms. The van der Waals surface area contributed by atoms with Gasteiger partial charge < -0.3 is 4.57 Å². The van der Waals surface area contributed by atoms with Gasteiger partial charge in [-0.25, -0.2) is 0 Å². The molecule has 3 nitrogen and oxygen atoms in total. The molecule has 0 aliphatic heterocycles. The normalized spacial score (nSPS) is 10.8. The van der Waals surface area contributed by atoms with Crippen molar-refractivity contribution in [1.82, 2.24) is 9.55 Å². The van der Waals surface area contributed by atoms with Gasteiger partial charge in [0, 0.05) is 29.6 Å². The van der Waals surface area contributed by atoms with E-state index in [0.29, 0.717) is 5.56 Å². The highest BCUT2D eigenvalue weighted by atomic mass is 16.1. The van der Waals surface area contributed by atoms with E-state index in [4.69, 9.17) is 0 Å². The maximum atomic E-state index is 11.6. The fraction of sp³-hybridized carbons (Fsp3) is 0.280. The zero-order valence-corrected chi connectivity index (χ0v) is 17.0. The summed E-state index contributed by atoms with van der Waals surface area (Å²) in [7, 11) is 0. The number of ketones is 1. The molecule has 3 heteroatoms. The number of hydrogen-bond acceptors (Lipinski definition) is 2. The summed E-state index contributed by atoms with van der Waals surface area (Å²) in [5, 5.41) is 1.11. The molecule has 0 fully saturated rings. The number of carbonyl (C=O) groups excluding carboxylic acids is 1. The number of benzene rings is 1. The van der Waals surface area contributed by atoms with Gasteiger partial charge in [-0.3, -0.25) is 9.78 Å². The van der Waals surface area contributed by atoms with E-state index in [0.717, 1.165) is 46.3 Å². The van der Waals surface area contributed by atoms with Gasteiger partial charge in [0.25, 0.3) is 0 Å². The van der Waals surface area contributed by atoms with Crippen molar-refractivity contribution in [2.45, 2.75) is 46.6 Å². The zero-order chi connectivity index (χ0) is 20.3. The van der Waals surface area contributed by atoms with E-state index in [1.165, 1.54) is 0 Å². The third-order valence-electron chi connectivity index (χ3n) is 4.78. The van der Waals surface area contributed by atoms with E-state index in [9.17, 15) is 4.79 Å². The van der Waals surface area contributed by atoms with Gasteiger partial charge in [-0.2, -0.15) is 0 Å². The molecular formula is C25H26N2O. The van der Waals surface area contributed by atoms with E-state index in [1.54, 1.807) is 13.1 Å². The molecule has 1 aromatic carbocycles. The Kier molecular flexibility index (Phi) is 5.80. The molecule has 3 rings (SSSR count). The predicted octanol–water partition coefficient (Wildman–Crippen LogP) is 6.28. The summed E-state index contributed by atoms with van der Waals surface area (Å²) in [5.74, 6) is 6.73. The highest BCUT2D eigenvalue weighted by Crippen LogP contribution is 2.36. The summed E-state index contributed by atoms with van der Waals surface area (Å²) in [4.78, 5) is 16.3. The van der Waals surface area contributed by atoms with Gasteiger partial charge in [-0.1, -0.05) is 37.5 Å². The van der Waals surface area contributed by atoms with Gasteiger partial charge >= 0.3 is 0 Å². The molecule has 0 saturated heterocycles. The topological polar surface area (TPSA) is 34.9 Å². The van der Waals surface area contributed by atoms with Crippen LogP contribution in [-0.4, -0.2) is 15.3 Å². The average Bonchev–Trinajstić information content (AvgIpc) is 3.02. The van der Waals surface area contributed by atoms with Gasteiger partial charge in [0.05, 0.1) is 22.5 Å². The lowest BCUT2D eigenvalue weighted by molar-refractivity contribution is 0.101. The standard InChI is InChI=1S/C25H26N2O/c1-6-8-9-10-21-22-15-19(7-2)11-14-24(22)27(17(3)4)25(21)23-13-12-20(16-26-23)18(5)28/h7,11-17H,2,6,8H2,1,3-5H3. The molecule has 0 aliphatic rings. The van der Waals surface area contributed by atoms with Crippen molar-refractivity contribution >= 4 is 22.8 Å². The number of aromatic nitrogens is 2. The summed E-state index contributed by atoms with van der Waals surface area (Å²) in [6.07, 6.45) is 5.38. The van der Waals surface area contributed by atoms with Crippen LogP contribution in [0.3, 0.4) is 0 Å². The Morgan fingerprint density at radius 3 is 2.64 bits per heavy atom. The number of unbranched alkanes of at least 4 members (excludes halogenated alkanes) is 1. The fourth-order valence-electron chi connectivity index (χ4n) is 3.39. The maximum Gasteiger partial charge on any atom is 0.161 e. The van der Waals surface area contributed by atoms with Gasteiger partial charge in [0.15, 0.2) is 5.78 Å². The molecule has 0 aliphatic carbocycles. The minimum Gasteiger partial charge on any atom is -0.336 e. The summed E-state index contributed by atoms with van der Waals surface area (Å²) < 4.78 is 2.29. The smallest absolute Gasteiger partial charge is 0.161 e. The van der Waals surface area contributed by atoms with Crippen LogP contribution in [0.4, 0.5) is 0 Å². The lowest BCUT2D eigenvalue weighted by Crippen LogP contribution is -2.04. The van der Waals surface area contributed by atoms with Crippen LogP contribution in [0.1, 0.15) is 68.1 Å². The predicted molar refractivity (Wildman–Crippen MR) is 117 cm³/mol. The highest BCUT2D eigenvalue weighted by molar-refractivity contribution is 5.97. The second-order valence-corrected chi connectivity index (χ2v) is 7.21. The van der Waals surface area contributed by atoms with Crippen LogP contribution in [0.2, 0.25) is 0 Å². The number of pyridine rings is 1. The molecule has 142 valence electrons. The molecule has 2 aromatic heterocycles. The van der Waals surface area contributed by atoms with Gasteiger partial charge in [0.2, 0.25) is 0 Å². The molecule has 0 unspecified atom stereocenters. The monoisotopic (exact) mass is 370 g/mol. The van der Waals surface area contributed by atoms with Crippen molar-refractivity contribution in [2.75, 3.05) is 0 Å². The molecule has 2 heterocycles. The largest absolute Gasteiger partial charge is 0.336 e. The van der Waals surface area contributed by atoms with Crippen LogP contribution in [0, 0.1) is 11.8 Å². The number of nitrogens with zero attached hydrogens (tertiary/aromatic N) is 2. The SMILES string of the molecule is C=Cc1ccc2c(c1)c(C#CCCC)c(-c1ccc(C(C)=O)cn1)n2C(C)C. The Balaban J connectivity index is 2.36. The molecule has 0 amide bonds. The second-order valence-electron chi connectivity index (χ2n) is 7.21. The Hall–Kier alpha value is -3.12. The van der Waals surface area contributed by atoms with Gasteiger partial charge in [-0.05, 0) is 57.0 Å². The minimum absolute atomic E-state index is 0.0158. The molecule has 0 radical (unpaired) electrons. The third-order valence-corrected chi connectivity index (χ3v) is 4.78. The van der Waals surface area contributed by atoms with E-state index in [-0.39, 0.29) is 11.8 Å². The second kappa shape index (κ2) is 8.27.